The van der Waals surface area contributed by atoms with Crippen LogP contribution in [0.15, 0.2) is 24.3 Å². The molecule has 0 saturated carbocycles. The summed E-state index contributed by atoms with van der Waals surface area (Å²) < 4.78 is 0. The molecule has 4 aliphatic heterocycles. The van der Waals surface area contributed by atoms with Crippen molar-refractivity contribution >= 4 is 5.97 Å². The Morgan fingerprint density at radius 3 is 2.36 bits per heavy atom. The first kappa shape index (κ1) is 17.0. The zero-order chi connectivity index (χ0) is 17.4. The summed E-state index contributed by atoms with van der Waals surface area (Å²) in [6.45, 7) is 7.23. The summed E-state index contributed by atoms with van der Waals surface area (Å²) in [6, 6.07) is 8.39. The largest absolute Gasteiger partial charge is 0.480 e. The summed E-state index contributed by atoms with van der Waals surface area (Å²) in [6.07, 6.45) is 5.93. The van der Waals surface area contributed by atoms with Crippen LogP contribution in [0.25, 0.3) is 0 Å². The van der Waals surface area contributed by atoms with E-state index in [1.54, 1.807) is 0 Å². The molecule has 4 saturated heterocycles. The highest BCUT2D eigenvalue weighted by Gasteiger charge is 2.45. The normalized spacial score (nSPS) is 32.3. The van der Waals surface area contributed by atoms with Gasteiger partial charge >= 0.3 is 5.97 Å². The molecule has 2 bridgehead atoms. The first-order chi connectivity index (χ1) is 12.1. The van der Waals surface area contributed by atoms with Crippen LogP contribution in [0.3, 0.4) is 0 Å². The number of nitrogens with zero attached hydrogens (tertiary/aromatic N) is 2. The summed E-state index contributed by atoms with van der Waals surface area (Å²) in [5, 5.41) is 10.2. The van der Waals surface area contributed by atoms with Crippen molar-refractivity contribution in [3.05, 3.63) is 35.4 Å². The van der Waals surface area contributed by atoms with Crippen LogP contribution < -0.4 is 0 Å². The van der Waals surface area contributed by atoms with Crippen LogP contribution in [0.2, 0.25) is 0 Å². The fourth-order valence-corrected chi connectivity index (χ4v) is 5.34. The fraction of sp³-hybridized carbons (Fsp3) is 0.667. The van der Waals surface area contributed by atoms with Crippen molar-refractivity contribution in [2.75, 3.05) is 32.7 Å². The first-order valence-corrected chi connectivity index (χ1v) is 9.91. The smallest absolute Gasteiger partial charge is 0.328 e. The van der Waals surface area contributed by atoms with E-state index in [2.05, 4.69) is 28.0 Å². The van der Waals surface area contributed by atoms with E-state index < -0.39 is 11.5 Å². The Morgan fingerprint density at radius 2 is 1.76 bits per heavy atom. The second-order valence-electron chi connectivity index (χ2n) is 8.26. The topological polar surface area (TPSA) is 43.8 Å². The second-order valence-corrected chi connectivity index (χ2v) is 8.26. The third-order valence-corrected chi connectivity index (χ3v) is 6.95. The van der Waals surface area contributed by atoms with Gasteiger partial charge in [0.25, 0.3) is 0 Å². The zero-order valence-electron chi connectivity index (χ0n) is 15.3. The summed E-state index contributed by atoms with van der Waals surface area (Å²) in [5.41, 5.74) is 1.40. The molecule has 2 atom stereocenters. The van der Waals surface area contributed by atoms with Gasteiger partial charge in [-0.1, -0.05) is 30.7 Å². The third-order valence-electron chi connectivity index (χ3n) is 6.95. The number of aliphatic carboxylic acids is 1. The quantitative estimate of drug-likeness (QED) is 0.912. The first-order valence-electron chi connectivity index (χ1n) is 9.91. The number of benzene rings is 1. The summed E-state index contributed by atoms with van der Waals surface area (Å²) in [4.78, 5) is 17.2. The highest BCUT2D eigenvalue weighted by molar-refractivity contribution is 5.81. The van der Waals surface area contributed by atoms with E-state index in [1.807, 2.05) is 13.0 Å². The molecule has 4 heterocycles. The maximum atomic E-state index is 12.5. The Bertz CT molecular complexity index is 633. The molecule has 1 aromatic carbocycles. The Kier molecular flexibility index (Phi) is 4.59. The van der Waals surface area contributed by atoms with Gasteiger partial charge in [-0.25, -0.2) is 4.79 Å². The highest BCUT2D eigenvalue weighted by Crippen LogP contribution is 2.43. The average Bonchev–Trinajstić information content (AvgIpc) is 2.68. The van der Waals surface area contributed by atoms with Crippen LogP contribution in [0.5, 0.6) is 0 Å². The molecule has 1 unspecified atom stereocenters. The lowest BCUT2D eigenvalue weighted by Gasteiger charge is -2.47. The molecule has 4 fully saturated rings. The van der Waals surface area contributed by atoms with Crippen molar-refractivity contribution in [1.82, 2.24) is 9.80 Å². The molecular formula is C21H30N2O2. The van der Waals surface area contributed by atoms with E-state index in [0.717, 1.165) is 38.0 Å². The summed E-state index contributed by atoms with van der Waals surface area (Å²) >= 11 is 0. The molecule has 136 valence electrons. The molecule has 4 aliphatic rings. The Hall–Kier alpha value is -1.39. The van der Waals surface area contributed by atoms with E-state index in [4.69, 9.17) is 0 Å². The van der Waals surface area contributed by atoms with Gasteiger partial charge in [0.05, 0.1) is 0 Å². The van der Waals surface area contributed by atoms with Gasteiger partial charge in [0.15, 0.2) is 0 Å². The van der Waals surface area contributed by atoms with Crippen molar-refractivity contribution in [2.45, 2.75) is 50.5 Å². The minimum atomic E-state index is -0.914. The molecule has 0 aromatic heterocycles. The minimum absolute atomic E-state index is 0.488. The van der Waals surface area contributed by atoms with Crippen LogP contribution in [0.4, 0.5) is 0 Å². The molecule has 0 aliphatic carbocycles. The van der Waals surface area contributed by atoms with Crippen LogP contribution >= 0.6 is 0 Å². The van der Waals surface area contributed by atoms with Crippen molar-refractivity contribution in [3.63, 3.8) is 0 Å². The molecule has 25 heavy (non-hydrogen) atoms. The lowest BCUT2D eigenvalue weighted by molar-refractivity contribution is -0.152. The maximum absolute atomic E-state index is 12.5. The van der Waals surface area contributed by atoms with Crippen molar-refractivity contribution < 1.29 is 9.90 Å². The van der Waals surface area contributed by atoms with Gasteiger partial charge in [-0.05, 0) is 81.7 Å². The number of likely N-dealkylation sites (tertiary alicyclic amines) is 1. The molecule has 1 aromatic rings. The van der Waals surface area contributed by atoms with Gasteiger partial charge in [-0.2, -0.15) is 0 Å². The van der Waals surface area contributed by atoms with E-state index in [1.165, 1.54) is 37.9 Å². The Labute approximate surface area is 150 Å². The Balaban J connectivity index is 1.74. The van der Waals surface area contributed by atoms with Gasteiger partial charge < -0.3 is 10.0 Å². The summed E-state index contributed by atoms with van der Waals surface area (Å²) in [7, 11) is 0. The third kappa shape index (κ3) is 2.89. The van der Waals surface area contributed by atoms with Crippen molar-refractivity contribution in [2.24, 2.45) is 5.92 Å². The lowest BCUT2D eigenvalue weighted by Crippen LogP contribution is -2.53. The molecule has 4 nitrogen and oxygen atoms in total. The number of carbonyl (C=O) groups is 1. The number of carboxylic acid groups (broad SMARTS) is 1. The fourth-order valence-electron chi connectivity index (χ4n) is 5.34. The monoisotopic (exact) mass is 342 g/mol. The Morgan fingerprint density at radius 1 is 1.08 bits per heavy atom. The summed E-state index contributed by atoms with van der Waals surface area (Å²) in [5.74, 6) is 0.496. The van der Waals surface area contributed by atoms with E-state index >= 15 is 0 Å². The number of rotatable bonds is 4. The highest BCUT2D eigenvalue weighted by atomic mass is 16.4. The predicted octanol–water partition coefficient (Wildman–Crippen LogP) is 3.28. The molecule has 1 N–H and O–H groups in total. The molecule has 0 radical (unpaired) electrons. The predicted molar refractivity (Wildman–Crippen MR) is 98.8 cm³/mol. The van der Waals surface area contributed by atoms with E-state index in [9.17, 15) is 9.90 Å². The molecule has 5 rings (SSSR count). The molecule has 0 amide bonds. The van der Waals surface area contributed by atoms with E-state index in [-0.39, 0.29) is 0 Å². The molecule has 4 heteroatoms. The van der Waals surface area contributed by atoms with Gasteiger partial charge in [-0.3, -0.25) is 4.90 Å². The van der Waals surface area contributed by atoms with Crippen molar-refractivity contribution in [3.8, 4) is 0 Å². The van der Waals surface area contributed by atoms with E-state index in [0.29, 0.717) is 11.8 Å². The minimum Gasteiger partial charge on any atom is -0.480 e. The number of hydrogen-bond acceptors (Lipinski definition) is 3. The van der Waals surface area contributed by atoms with Gasteiger partial charge in [0.1, 0.15) is 5.54 Å². The number of carboxylic acids is 1. The zero-order valence-corrected chi connectivity index (χ0v) is 15.3. The SMILES string of the molecule is C[C@@](C(=O)O)(c1ccccc1C1CN2CCC1CC2)N1CCCCC1. The van der Waals surface area contributed by atoms with Gasteiger partial charge in [-0.15, -0.1) is 0 Å². The van der Waals surface area contributed by atoms with Crippen LogP contribution in [0.1, 0.15) is 56.1 Å². The van der Waals surface area contributed by atoms with Crippen LogP contribution in [0, 0.1) is 5.92 Å². The number of hydrogen-bond donors (Lipinski definition) is 1. The maximum Gasteiger partial charge on any atom is 0.328 e. The standard InChI is InChI=1S/C21H30N2O2/c1-21(20(24)25,23-11-5-2-6-12-23)19-8-4-3-7-17(19)18-15-22-13-9-16(18)10-14-22/h3-4,7-8,16,18H,2,5-6,9-15H2,1H3,(H,24,25)/t18?,21-/m0/s1. The number of fused-ring (bicyclic) bond motifs is 3. The lowest BCUT2D eigenvalue weighted by atomic mass is 9.71. The van der Waals surface area contributed by atoms with Gasteiger partial charge in [0.2, 0.25) is 0 Å². The second kappa shape index (κ2) is 6.73. The average molecular weight is 342 g/mol. The van der Waals surface area contributed by atoms with Crippen LogP contribution in [-0.4, -0.2) is 53.6 Å². The number of piperidine rings is 4. The van der Waals surface area contributed by atoms with Crippen LogP contribution in [-0.2, 0) is 10.3 Å². The molecule has 0 spiro atoms. The van der Waals surface area contributed by atoms with Crippen molar-refractivity contribution in [1.29, 1.82) is 0 Å². The molecular weight excluding hydrogens is 312 g/mol. The van der Waals surface area contributed by atoms with Gasteiger partial charge in [0, 0.05) is 6.54 Å².